The summed E-state index contributed by atoms with van der Waals surface area (Å²) in [5.74, 6) is 1.25. The van der Waals surface area contributed by atoms with Crippen LogP contribution in [-0.4, -0.2) is 13.2 Å². The van der Waals surface area contributed by atoms with Gasteiger partial charge in [-0.15, -0.1) is 0 Å². The maximum Gasteiger partial charge on any atom is 0.407 e. The molecule has 5 nitrogen and oxygen atoms in total. The molecule has 0 saturated carbocycles. The van der Waals surface area contributed by atoms with Gasteiger partial charge in [-0.2, -0.15) is 0 Å². The highest BCUT2D eigenvalue weighted by Crippen LogP contribution is 2.40. The summed E-state index contributed by atoms with van der Waals surface area (Å²) >= 11 is 0. The smallest absolute Gasteiger partial charge is 0.407 e. The zero-order valence-corrected chi connectivity index (χ0v) is 18.8. The minimum Gasteiger partial charge on any atom is -0.497 e. The Bertz CT molecular complexity index is 1050. The van der Waals surface area contributed by atoms with Gasteiger partial charge in [0.1, 0.15) is 12.4 Å². The second-order valence-electron chi connectivity index (χ2n) is 8.47. The van der Waals surface area contributed by atoms with Gasteiger partial charge in [0.15, 0.2) is 0 Å². The van der Waals surface area contributed by atoms with Crippen LogP contribution in [0.5, 0.6) is 5.75 Å². The summed E-state index contributed by atoms with van der Waals surface area (Å²) in [6.45, 7) is 4.62. The number of amides is 1. The summed E-state index contributed by atoms with van der Waals surface area (Å²) in [7, 11) is 1.65. The molecule has 0 spiro atoms. The highest BCUT2D eigenvalue weighted by molar-refractivity contribution is 5.70. The molecular weight excluding hydrogens is 400 g/mol. The molecule has 1 amide bonds. The molecule has 3 aromatic rings. The lowest BCUT2D eigenvalue weighted by atomic mass is 9.88. The fraction of sp³-hybridized carbons (Fsp3) is 0.296. The molecule has 166 valence electrons. The molecule has 0 aliphatic carbocycles. The van der Waals surface area contributed by atoms with Gasteiger partial charge >= 0.3 is 6.09 Å². The van der Waals surface area contributed by atoms with Gasteiger partial charge in [-0.1, -0.05) is 68.4 Å². The summed E-state index contributed by atoms with van der Waals surface area (Å²) in [6, 6.07) is 24.2. The van der Waals surface area contributed by atoms with Crippen molar-refractivity contribution in [2.45, 2.75) is 44.9 Å². The first-order valence-electron chi connectivity index (χ1n) is 11.0. The number of alkyl carbamates (subject to hydrolysis) is 1. The lowest BCUT2D eigenvalue weighted by Gasteiger charge is -2.34. The highest BCUT2D eigenvalue weighted by atomic mass is 16.5. The molecule has 1 aliphatic heterocycles. The zero-order valence-electron chi connectivity index (χ0n) is 18.8. The van der Waals surface area contributed by atoms with E-state index in [9.17, 15) is 4.79 Å². The minimum absolute atomic E-state index is 0.0801. The first kappa shape index (κ1) is 21.8. The molecule has 1 aliphatic rings. The molecule has 0 aromatic heterocycles. The maximum atomic E-state index is 12.6. The van der Waals surface area contributed by atoms with Crippen LogP contribution in [0.25, 0.3) is 0 Å². The lowest BCUT2D eigenvalue weighted by molar-refractivity contribution is 0.134. The van der Waals surface area contributed by atoms with Crippen molar-refractivity contribution in [3.05, 3.63) is 95.1 Å². The Labute approximate surface area is 189 Å². The van der Waals surface area contributed by atoms with Gasteiger partial charge in [-0.25, -0.2) is 4.79 Å². The van der Waals surface area contributed by atoms with Crippen LogP contribution in [0.2, 0.25) is 0 Å². The van der Waals surface area contributed by atoms with E-state index < -0.39 is 6.09 Å². The van der Waals surface area contributed by atoms with E-state index in [4.69, 9.17) is 9.47 Å². The standard InChI is InChI=1S/C27H30N2O3/c1-18(2)20-9-11-21(12-10-20)25-16-26(23-15-22(31-3)13-14-24(23)28-25)29-27(30)32-17-19-7-5-4-6-8-19/h4-15,18,25-26,28H,16-17H2,1-3H3,(H,29,30)/t25-,26-/m0/s1. The number of nitrogens with one attached hydrogen (secondary N) is 2. The van der Waals surface area contributed by atoms with Crippen LogP contribution in [0, 0.1) is 0 Å². The minimum atomic E-state index is -0.427. The van der Waals surface area contributed by atoms with Crippen LogP contribution in [0.4, 0.5) is 10.5 Å². The lowest BCUT2D eigenvalue weighted by Crippen LogP contribution is -2.34. The Morgan fingerprint density at radius 3 is 2.50 bits per heavy atom. The van der Waals surface area contributed by atoms with Crippen LogP contribution >= 0.6 is 0 Å². The van der Waals surface area contributed by atoms with E-state index in [-0.39, 0.29) is 18.7 Å². The summed E-state index contributed by atoms with van der Waals surface area (Å²) in [6.07, 6.45) is 0.283. The first-order valence-corrected chi connectivity index (χ1v) is 11.0. The number of carbonyl (C=O) groups is 1. The second kappa shape index (κ2) is 9.77. The summed E-state index contributed by atoms with van der Waals surface area (Å²) in [4.78, 5) is 12.6. The molecule has 1 heterocycles. The summed E-state index contributed by atoms with van der Waals surface area (Å²) < 4.78 is 10.9. The molecular formula is C27H30N2O3. The number of rotatable bonds is 6. The molecule has 5 heteroatoms. The number of methoxy groups -OCH3 is 1. The van der Waals surface area contributed by atoms with Crippen LogP contribution in [-0.2, 0) is 11.3 Å². The maximum absolute atomic E-state index is 12.6. The Balaban J connectivity index is 1.53. The average Bonchev–Trinajstić information content (AvgIpc) is 2.83. The van der Waals surface area contributed by atoms with E-state index >= 15 is 0 Å². The summed E-state index contributed by atoms with van der Waals surface area (Å²) in [5, 5.41) is 6.70. The van der Waals surface area contributed by atoms with Gasteiger partial charge in [0.05, 0.1) is 19.2 Å². The molecule has 0 saturated heterocycles. The largest absolute Gasteiger partial charge is 0.497 e. The monoisotopic (exact) mass is 430 g/mol. The van der Waals surface area contributed by atoms with E-state index in [1.165, 1.54) is 11.1 Å². The van der Waals surface area contributed by atoms with E-state index in [2.05, 4.69) is 48.7 Å². The first-order chi connectivity index (χ1) is 15.5. The molecule has 2 N–H and O–H groups in total. The van der Waals surface area contributed by atoms with Crippen molar-refractivity contribution in [3.63, 3.8) is 0 Å². The predicted molar refractivity (Wildman–Crippen MR) is 127 cm³/mol. The number of anilines is 1. The van der Waals surface area contributed by atoms with Crippen molar-refractivity contribution in [3.8, 4) is 5.75 Å². The van der Waals surface area contributed by atoms with Gasteiger partial charge in [0, 0.05) is 11.3 Å². The molecule has 3 aromatic carbocycles. The number of hydrogen-bond acceptors (Lipinski definition) is 4. The topological polar surface area (TPSA) is 59.6 Å². The van der Waals surface area contributed by atoms with Gasteiger partial charge < -0.3 is 20.1 Å². The zero-order chi connectivity index (χ0) is 22.5. The number of fused-ring (bicyclic) bond motifs is 1. The van der Waals surface area contributed by atoms with Crippen molar-refractivity contribution in [1.29, 1.82) is 0 Å². The normalized spacial score (nSPS) is 17.2. The van der Waals surface area contributed by atoms with Crippen LogP contribution in [0.15, 0.2) is 72.8 Å². The second-order valence-corrected chi connectivity index (χ2v) is 8.47. The van der Waals surface area contributed by atoms with E-state index in [1.807, 2.05) is 48.5 Å². The Hall–Kier alpha value is -3.47. The average molecular weight is 431 g/mol. The van der Waals surface area contributed by atoms with Crippen molar-refractivity contribution in [2.24, 2.45) is 0 Å². The quantitative estimate of drug-likeness (QED) is 0.479. The number of ether oxygens (including phenoxy) is 2. The molecule has 32 heavy (non-hydrogen) atoms. The van der Waals surface area contributed by atoms with Crippen molar-refractivity contribution < 1.29 is 14.3 Å². The number of benzene rings is 3. The van der Waals surface area contributed by atoms with Gasteiger partial charge in [0.25, 0.3) is 0 Å². The van der Waals surface area contributed by atoms with E-state index in [0.717, 1.165) is 22.6 Å². The Kier molecular flexibility index (Phi) is 6.64. The van der Waals surface area contributed by atoms with E-state index in [1.54, 1.807) is 7.11 Å². The predicted octanol–water partition coefficient (Wildman–Crippen LogP) is 6.34. The third-order valence-electron chi connectivity index (χ3n) is 5.95. The molecule has 0 unspecified atom stereocenters. The van der Waals surface area contributed by atoms with Gasteiger partial charge in [-0.05, 0) is 47.2 Å². The van der Waals surface area contributed by atoms with Crippen molar-refractivity contribution in [1.82, 2.24) is 5.32 Å². The third kappa shape index (κ3) is 5.05. The molecule has 0 radical (unpaired) electrons. The van der Waals surface area contributed by atoms with Crippen molar-refractivity contribution >= 4 is 11.8 Å². The fourth-order valence-electron chi connectivity index (χ4n) is 4.07. The SMILES string of the molecule is COc1ccc2c(c1)[C@@H](NC(=O)OCc1ccccc1)C[C@@H](c1ccc(C(C)C)cc1)N2. The van der Waals surface area contributed by atoms with Gasteiger partial charge in [-0.3, -0.25) is 0 Å². The van der Waals surface area contributed by atoms with E-state index in [0.29, 0.717) is 12.3 Å². The van der Waals surface area contributed by atoms with Crippen LogP contribution in [0.3, 0.4) is 0 Å². The number of carbonyl (C=O) groups excluding carboxylic acids is 1. The fourth-order valence-corrected chi connectivity index (χ4v) is 4.07. The molecule has 0 bridgehead atoms. The third-order valence-corrected chi connectivity index (χ3v) is 5.95. The van der Waals surface area contributed by atoms with Crippen LogP contribution in [0.1, 0.15) is 60.5 Å². The molecule has 0 fully saturated rings. The molecule has 2 atom stereocenters. The highest BCUT2D eigenvalue weighted by Gasteiger charge is 2.29. The van der Waals surface area contributed by atoms with Crippen LogP contribution < -0.4 is 15.4 Å². The molecule has 4 rings (SSSR count). The Morgan fingerprint density at radius 2 is 1.81 bits per heavy atom. The van der Waals surface area contributed by atoms with Crippen molar-refractivity contribution in [2.75, 3.05) is 12.4 Å². The number of hydrogen-bond donors (Lipinski definition) is 2. The summed E-state index contributed by atoms with van der Waals surface area (Å²) in [5.41, 5.74) is 5.45. The van der Waals surface area contributed by atoms with Gasteiger partial charge in [0.2, 0.25) is 0 Å². The Morgan fingerprint density at radius 1 is 1.06 bits per heavy atom.